The molecule has 2 rings (SSSR count). The smallest absolute Gasteiger partial charge is 0.234 e. The highest BCUT2D eigenvalue weighted by Gasteiger charge is 2.07. The van der Waals surface area contributed by atoms with Crippen LogP contribution in [-0.2, 0) is 0 Å². The van der Waals surface area contributed by atoms with Crippen molar-refractivity contribution in [3.8, 4) is 5.75 Å². The van der Waals surface area contributed by atoms with Gasteiger partial charge in [0.25, 0.3) is 0 Å². The molecule has 0 saturated carbocycles. The minimum absolute atomic E-state index is 0.146. The molecule has 0 fully saturated rings. The average molecular weight is 216 g/mol. The van der Waals surface area contributed by atoms with Gasteiger partial charge in [-0.1, -0.05) is 24.3 Å². The van der Waals surface area contributed by atoms with Gasteiger partial charge < -0.3 is 9.15 Å². The van der Waals surface area contributed by atoms with Gasteiger partial charge in [-0.3, -0.25) is 4.79 Å². The molecule has 0 aliphatic carbocycles. The first-order valence-electron chi connectivity index (χ1n) is 4.98. The highest BCUT2D eigenvalue weighted by atomic mass is 16.5. The summed E-state index contributed by atoms with van der Waals surface area (Å²) in [7, 11) is 0. The van der Waals surface area contributed by atoms with Gasteiger partial charge in [-0.2, -0.15) is 0 Å². The Morgan fingerprint density at radius 2 is 2.31 bits per heavy atom. The fraction of sp³-hybridized carbons (Fsp3) is 0.154. The van der Waals surface area contributed by atoms with E-state index in [0.29, 0.717) is 17.6 Å². The van der Waals surface area contributed by atoms with Gasteiger partial charge in [-0.25, -0.2) is 0 Å². The Balaban J connectivity index is 2.59. The van der Waals surface area contributed by atoms with E-state index in [1.165, 1.54) is 6.26 Å². The Hall–Kier alpha value is -2.03. The Kier molecular flexibility index (Phi) is 2.77. The van der Waals surface area contributed by atoms with Gasteiger partial charge in [0.2, 0.25) is 11.2 Å². The monoisotopic (exact) mass is 216 g/mol. The third-order valence-electron chi connectivity index (χ3n) is 2.25. The summed E-state index contributed by atoms with van der Waals surface area (Å²) in [5.41, 5.74) is 1.44. The maximum atomic E-state index is 12.0. The normalized spacial score (nSPS) is 10.3. The van der Waals surface area contributed by atoms with Crippen LogP contribution in [0.2, 0.25) is 0 Å². The van der Waals surface area contributed by atoms with E-state index in [1.807, 2.05) is 13.0 Å². The molecule has 0 aliphatic rings. The third kappa shape index (κ3) is 1.84. The highest BCUT2D eigenvalue weighted by molar-refractivity contribution is 5.78. The van der Waals surface area contributed by atoms with Crippen molar-refractivity contribution in [2.45, 2.75) is 6.92 Å². The van der Waals surface area contributed by atoms with Crippen LogP contribution in [0.5, 0.6) is 5.75 Å². The van der Waals surface area contributed by atoms with E-state index in [9.17, 15) is 4.79 Å². The van der Waals surface area contributed by atoms with Crippen LogP contribution < -0.4 is 10.2 Å². The van der Waals surface area contributed by atoms with E-state index in [-0.39, 0.29) is 11.2 Å². The van der Waals surface area contributed by atoms with Crippen molar-refractivity contribution in [3.63, 3.8) is 0 Å². The lowest BCUT2D eigenvalue weighted by Crippen LogP contribution is -2.08. The summed E-state index contributed by atoms with van der Waals surface area (Å²) in [6, 6.07) is 5.47. The molecule has 1 aromatic carbocycles. The maximum Gasteiger partial charge on any atom is 0.234 e. The van der Waals surface area contributed by atoms with Crippen LogP contribution in [0.4, 0.5) is 0 Å². The third-order valence-corrected chi connectivity index (χ3v) is 2.25. The Labute approximate surface area is 93.0 Å². The van der Waals surface area contributed by atoms with Crippen molar-refractivity contribution in [1.29, 1.82) is 0 Å². The number of fused-ring (bicyclic) bond motifs is 1. The largest absolute Gasteiger partial charge is 0.482 e. The minimum atomic E-state index is -0.146. The summed E-state index contributed by atoms with van der Waals surface area (Å²) in [5.74, 6) is 0.220. The zero-order valence-electron chi connectivity index (χ0n) is 9.03. The van der Waals surface area contributed by atoms with Gasteiger partial charge in [0, 0.05) is 0 Å². The second kappa shape index (κ2) is 4.23. The van der Waals surface area contributed by atoms with E-state index in [1.54, 1.807) is 18.2 Å². The molecule has 0 bridgehead atoms. The van der Waals surface area contributed by atoms with E-state index in [0.717, 1.165) is 5.56 Å². The topological polar surface area (TPSA) is 39.4 Å². The molecule has 1 heterocycles. The van der Waals surface area contributed by atoms with Gasteiger partial charge in [0.05, 0.1) is 5.39 Å². The first-order valence-corrected chi connectivity index (χ1v) is 4.98. The molecule has 16 heavy (non-hydrogen) atoms. The van der Waals surface area contributed by atoms with Crippen molar-refractivity contribution < 1.29 is 9.15 Å². The standard InChI is InChI=1S/C13H12O3/c1-3-6-15-12-8-16-11-5-4-9(2)7-10(11)13(12)14/h3-5,7-8H,1,6H2,2H3. The number of benzene rings is 1. The minimum Gasteiger partial charge on any atom is -0.482 e. The number of rotatable bonds is 3. The van der Waals surface area contributed by atoms with Crippen molar-refractivity contribution in [1.82, 2.24) is 0 Å². The molecule has 0 unspecified atom stereocenters. The van der Waals surface area contributed by atoms with Gasteiger partial charge in [-0.15, -0.1) is 0 Å². The molecule has 2 aromatic rings. The number of hydrogen-bond donors (Lipinski definition) is 0. The first kappa shape index (κ1) is 10.5. The fourth-order valence-electron chi connectivity index (χ4n) is 1.48. The second-order valence-corrected chi connectivity index (χ2v) is 3.53. The molecular formula is C13H12O3. The number of ether oxygens (including phenoxy) is 1. The van der Waals surface area contributed by atoms with Gasteiger partial charge >= 0.3 is 0 Å². The zero-order chi connectivity index (χ0) is 11.5. The van der Waals surface area contributed by atoms with Crippen molar-refractivity contribution in [3.05, 3.63) is 52.9 Å². The van der Waals surface area contributed by atoms with Crippen LogP contribution in [0.15, 0.2) is 46.3 Å². The highest BCUT2D eigenvalue weighted by Crippen LogP contribution is 2.16. The van der Waals surface area contributed by atoms with Crippen molar-refractivity contribution in [2.75, 3.05) is 6.61 Å². The molecule has 0 N–H and O–H groups in total. The molecule has 0 aliphatic heterocycles. The molecule has 0 spiro atoms. The van der Waals surface area contributed by atoms with Crippen LogP contribution in [0.25, 0.3) is 11.0 Å². The summed E-state index contributed by atoms with van der Waals surface area (Å²) in [5, 5.41) is 0.543. The van der Waals surface area contributed by atoms with E-state index < -0.39 is 0 Å². The van der Waals surface area contributed by atoms with Crippen LogP contribution in [0.1, 0.15) is 5.56 Å². The summed E-state index contributed by atoms with van der Waals surface area (Å²) >= 11 is 0. The van der Waals surface area contributed by atoms with Crippen LogP contribution in [-0.4, -0.2) is 6.61 Å². The van der Waals surface area contributed by atoms with Crippen LogP contribution in [0, 0.1) is 6.92 Å². The predicted octanol–water partition coefficient (Wildman–Crippen LogP) is 2.67. The lowest BCUT2D eigenvalue weighted by molar-refractivity contribution is 0.348. The summed E-state index contributed by atoms with van der Waals surface area (Å²) < 4.78 is 10.5. The summed E-state index contributed by atoms with van der Waals surface area (Å²) in [4.78, 5) is 12.0. The van der Waals surface area contributed by atoms with Crippen molar-refractivity contribution in [2.24, 2.45) is 0 Å². The zero-order valence-corrected chi connectivity index (χ0v) is 9.03. The fourth-order valence-corrected chi connectivity index (χ4v) is 1.48. The molecule has 0 radical (unpaired) electrons. The lowest BCUT2D eigenvalue weighted by atomic mass is 10.1. The van der Waals surface area contributed by atoms with Gasteiger partial charge in [-0.05, 0) is 19.1 Å². The Morgan fingerprint density at radius 1 is 1.50 bits per heavy atom. The van der Waals surface area contributed by atoms with E-state index in [4.69, 9.17) is 9.15 Å². The molecule has 82 valence electrons. The van der Waals surface area contributed by atoms with Gasteiger partial charge in [0.15, 0.2) is 0 Å². The average Bonchev–Trinajstić information content (AvgIpc) is 2.29. The molecule has 0 amide bonds. The molecule has 1 aromatic heterocycles. The Bertz CT molecular complexity index is 581. The maximum absolute atomic E-state index is 12.0. The first-order chi connectivity index (χ1) is 7.72. The van der Waals surface area contributed by atoms with E-state index in [2.05, 4.69) is 6.58 Å². The molecule has 0 atom stereocenters. The predicted molar refractivity (Wildman–Crippen MR) is 62.9 cm³/mol. The molecule has 0 saturated heterocycles. The summed E-state index contributed by atoms with van der Waals surface area (Å²) in [6.45, 7) is 5.74. The number of hydrogen-bond acceptors (Lipinski definition) is 3. The second-order valence-electron chi connectivity index (χ2n) is 3.53. The van der Waals surface area contributed by atoms with Crippen molar-refractivity contribution >= 4 is 11.0 Å². The molecule has 3 heteroatoms. The SMILES string of the molecule is C=CCOc1coc2ccc(C)cc2c1=O. The molecule has 3 nitrogen and oxygen atoms in total. The quantitative estimate of drug-likeness (QED) is 0.740. The van der Waals surface area contributed by atoms with Gasteiger partial charge in [0.1, 0.15) is 18.5 Å². The Morgan fingerprint density at radius 3 is 3.06 bits per heavy atom. The number of aryl methyl sites for hydroxylation is 1. The summed E-state index contributed by atoms with van der Waals surface area (Å²) in [6.07, 6.45) is 2.92. The van der Waals surface area contributed by atoms with E-state index >= 15 is 0 Å². The lowest BCUT2D eigenvalue weighted by Gasteiger charge is -2.03. The van der Waals surface area contributed by atoms with Crippen LogP contribution >= 0.6 is 0 Å². The molecular weight excluding hydrogens is 204 g/mol. The van der Waals surface area contributed by atoms with Crippen LogP contribution in [0.3, 0.4) is 0 Å².